The van der Waals surface area contributed by atoms with Crippen LogP contribution < -0.4 is 10.2 Å². The van der Waals surface area contributed by atoms with Gasteiger partial charge in [-0.25, -0.2) is 0 Å². The van der Waals surface area contributed by atoms with Gasteiger partial charge in [-0.2, -0.15) is 5.26 Å². The molecule has 1 saturated heterocycles. The van der Waals surface area contributed by atoms with Gasteiger partial charge in [0.1, 0.15) is 16.7 Å². The average molecular weight is 522 g/mol. The number of para-hydroxylation sites is 1. The van der Waals surface area contributed by atoms with Crippen molar-refractivity contribution in [1.29, 1.82) is 5.26 Å². The molecule has 0 saturated carbocycles. The minimum atomic E-state index is -0.585. The van der Waals surface area contributed by atoms with Crippen molar-refractivity contribution in [3.63, 3.8) is 0 Å². The van der Waals surface area contributed by atoms with Gasteiger partial charge < -0.3 is 5.32 Å². The zero-order valence-corrected chi connectivity index (χ0v) is 21.3. The number of nitrogens with zero attached hydrogens (tertiary/aromatic N) is 2. The number of amides is 2. The molecule has 0 aliphatic carbocycles. The Labute approximate surface area is 218 Å². The molecular formula is C27H21Cl2N3O2S. The third kappa shape index (κ3) is 5.38. The first-order chi connectivity index (χ1) is 16.8. The standard InChI is InChI=1S/C27H21Cl2N3O2S/c1-16-8-11-23(17(2)12-16)31-25(33)21(15-30)27-32(20-6-4-3-5-7-20)26(34)24(35-27)14-18-13-19(28)9-10-22(18)29/h3-13,24H,14H2,1-2H3,(H,31,33)/b27-21+/t24-/m1/s1. The number of rotatable bonds is 5. The molecule has 0 unspecified atom stereocenters. The van der Waals surface area contributed by atoms with Gasteiger partial charge in [0, 0.05) is 21.4 Å². The molecule has 1 N–H and O–H groups in total. The lowest BCUT2D eigenvalue weighted by Gasteiger charge is -2.19. The Morgan fingerprint density at radius 3 is 2.51 bits per heavy atom. The molecule has 0 radical (unpaired) electrons. The smallest absolute Gasteiger partial charge is 0.269 e. The van der Waals surface area contributed by atoms with Crippen LogP contribution in [-0.2, 0) is 16.0 Å². The zero-order valence-electron chi connectivity index (χ0n) is 19.0. The molecule has 5 nitrogen and oxygen atoms in total. The Bertz CT molecular complexity index is 1380. The van der Waals surface area contributed by atoms with Gasteiger partial charge in [-0.05, 0) is 67.8 Å². The quantitative estimate of drug-likeness (QED) is 0.300. The maximum absolute atomic E-state index is 13.6. The predicted octanol–water partition coefficient (Wildman–Crippen LogP) is 6.68. The lowest BCUT2D eigenvalue weighted by Crippen LogP contribution is -2.31. The van der Waals surface area contributed by atoms with Gasteiger partial charge in [0.25, 0.3) is 5.91 Å². The van der Waals surface area contributed by atoms with Crippen LogP contribution in [0, 0.1) is 25.2 Å². The lowest BCUT2D eigenvalue weighted by atomic mass is 10.1. The number of carbonyl (C=O) groups is 2. The van der Waals surface area contributed by atoms with E-state index in [0.717, 1.165) is 16.7 Å². The number of aryl methyl sites for hydroxylation is 2. The van der Waals surface area contributed by atoms with E-state index >= 15 is 0 Å². The number of hydrogen-bond acceptors (Lipinski definition) is 4. The molecule has 176 valence electrons. The topological polar surface area (TPSA) is 73.2 Å². The number of benzene rings is 3. The molecule has 3 aromatic carbocycles. The highest BCUT2D eigenvalue weighted by Crippen LogP contribution is 2.42. The average Bonchev–Trinajstić information content (AvgIpc) is 3.14. The van der Waals surface area contributed by atoms with Crippen LogP contribution in [0.3, 0.4) is 0 Å². The van der Waals surface area contributed by atoms with Crippen LogP contribution >= 0.6 is 35.0 Å². The first-order valence-corrected chi connectivity index (χ1v) is 12.4. The predicted molar refractivity (Wildman–Crippen MR) is 143 cm³/mol. The van der Waals surface area contributed by atoms with E-state index in [1.54, 1.807) is 48.5 Å². The van der Waals surface area contributed by atoms with Crippen molar-refractivity contribution in [2.75, 3.05) is 10.2 Å². The Hall–Kier alpha value is -3.24. The summed E-state index contributed by atoms with van der Waals surface area (Å²) in [4.78, 5) is 28.2. The van der Waals surface area contributed by atoms with E-state index in [0.29, 0.717) is 27.8 Å². The molecule has 35 heavy (non-hydrogen) atoms. The molecule has 3 aromatic rings. The van der Waals surface area contributed by atoms with Crippen LogP contribution in [-0.4, -0.2) is 17.1 Å². The molecule has 1 heterocycles. The molecule has 4 rings (SSSR count). The number of thioether (sulfide) groups is 1. The van der Waals surface area contributed by atoms with Crippen LogP contribution in [0.25, 0.3) is 0 Å². The van der Waals surface area contributed by atoms with Crippen molar-refractivity contribution >= 4 is 58.2 Å². The summed E-state index contributed by atoms with van der Waals surface area (Å²) in [6, 6.07) is 21.7. The largest absolute Gasteiger partial charge is 0.321 e. The first-order valence-electron chi connectivity index (χ1n) is 10.8. The fraction of sp³-hybridized carbons (Fsp3) is 0.148. The van der Waals surface area contributed by atoms with Crippen molar-refractivity contribution in [3.8, 4) is 6.07 Å². The minimum Gasteiger partial charge on any atom is -0.321 e. The van der Waals surface area contributed by atoms with Crippen LogP contribution in [0.1, 0.15) is 16.7 Å². The van der Waals surface area contributed by atoms with Crippen LogP contribution in [0.5, 0.6) is 0 Å². The summed E-state index contributed by atoms with van der Waals surface area (Å²) < 4.78 is 0. The molecule has 1 aliphatic rings. The number of halogens is 2. The van der Waals surface area contributed by atoms with Gasteiger partial charge in [-0.15, -0.1) is 0 Å². The molecular weight excluding hydrogens is 501 g/mol. The van der Waals surface area contributed by atoms with Crippen molar-refractivity contribution in [2.45, 2.75) is 25.5 Å². The zero-order chi connectivity index (χ0) is 25.1. The minimum absolute atomic E-state index is 0.133. The molecule has 1 aliphatic heterocycles. The molecule has 2 amide bonds. The highest BCUT2D eigenvalue weighted by molar-refractivity contribution is 8.05. The van der Waals surface area contributed by atoms with Crippen molar-refractivity contribution in [1.82, 2.24) is 0 Å². The number of carbonyl (C=O) groups excluding carboxylic acids is 2. The third-order valence-corrected chi connectivity index (χ3v) is 7.43. The monoisotopic (exact) mass is 521 g/mol. The van der Waals surface area contributed by atoms with Gasteiger partial charge in [0.2, 0.25) is 5.91 Å². The Morgan fingerprint density at radius 1 is 1.09 bits per heavy atom. The second-order valence-corrected chi connectivity index (χ2v) is 10.2. The van der Waals surface area contributed by atoms with Crippen molar-refractivity contribution in [2.24, 2.45) is 0 Å². The summed E-state index contributed by atoms with van der Waals surface area (Å²) in [5.41, 5.74) is 3.71. The van der Waals surface area contributed by atoms with E-state index in [9.17, 15) is 14.9 Å². The highest BCUT2D eigenvalue weighted by atomic mass is 35.5. The molecule has 1 atom stereocenters. The van der Waals surface area contributed by atoms with E-state index in [1.165, 1.54) is 16.7 Å². The molecule has 1 fully saturated rings. The molecule has 0 bridgehead atoms. The van der Waals surface area contributed by atoms with Gasteiger partial charge in [0.05, 0.1) is 5.25 Å². The van der Waals surface area contributed by atoms with E-state index < -0.39 is 11.2 Å². The summed E-state index contributed by atoms with van der Waals surface area (Å²) in [6.45, 7) is 3.85. The normalized spacial score (nSPS) is 16.7. The van der Waals surface area contributed by atoms with E-state index in [2.05, 4.69) is 5.32 Å². The Morgan fingerprint density at radius 2 is 1.83 bits per heavy atom. The van der Waals surface area contributed by atoms with Gasteiger partial charge in [-0.3, -0.25) is 14.5 Å². The van der Waals surface area contributed by atoms with E-state index in [1.807, 2.05) is 38.1 Å². The van der Waals surface area contributed by atoms with E-state index in [4.69, 9.17) is 23.2 Å². The van der Waals surface area contributed by atoms with E-state index in [-0.39, 0.29) is 16.5 Å². The van der Waals surface area contributed by atoms with Crippen molar-refractivity contribution < 1.29 is 9.59 Å². The van der Waals surface area contributed by atoms with Gasteiger partial charge in [0.15, 0.2) is 0 Å². The highest BCUT2D eigenvalue weighted by Gasteiger charge is 2.41. The van der Waals surface area contributed by atoms with Crippen LogP contribution in [0.4, 0.5) is 11.4 Å². The Kier molecular flexibility index (Phi) is 7.51. The first kappa shape index (κ1) is 24.9. The second-order valence-electron chi connectivity index (χ2n) is 8.12. The summed E-state index contributed by atoms with van der Waals surface area (Å²) in [6.07, 6.45) is 0.299. The fourth-order valence-corrected chi connectivity index (χ4v) is 5.52. The third-order valence-electron chi connectivity index (χ3n) is 5.56. The number of hydrogen-bond donors (Lipinski definition) is 1. The molecule has 0 spiro atoms. The summed E-state index contributed by atoms with van der Waals surface area (Å²) in [5, 5.41) is 13.5. The Balaban J connectivity index is 1.74. The maximum Gasteiger partial charge on any atom is 0.269 e. The van der Waals surface area contributed by atoms with Gasteiger partial charge >= 0.3 is 0 Å². The molecule has 0 aromatic heterocycles. The summed E-state index contributed by atoms with van der Waals surface area (Å²) >= 11 is 13.7. The summed E-state index contributed by atoms with van der Waals surface area (Å²) in [5.74, 6) is -0.809. The maximum atomic E-state index is 13.6. The van der Waals surface area contributed by atoms with Crippen molar-refractivity contribution in [3.05, 3.63) is 104 Å². The van der Waals surface area contributed by atoms with Crippen LogP contribution in [0.15, 0.2) is 77.3 Å². The van der Waals surface area contributed by atoms with Crippen LogP contribution in [0.2, 0.25) is 10.0 Å². The number of anilines is 2. The number of nitriles is 1. The number of nitrogens with one attached hydrogen (secondary N) is 1. The van der Waals surface area contributed by atoms with Gasteiger partial charge in [-0.1, -0.05) is 70.9 Å². The SMILES string of the molecule is Cc1ccc(NC(=O)/C(C#N)=C2/S[C@H](Cc3cc(Cl)ccc3Cl)C(=O)N2c2ccccc2)c(C)c1. The molecule has 8 heteroatoms. The summed E-state index contributed by atoms with van der Waals surface area (Å²) in [7, 11) is 0. The lowest BCUT2D eigenvalue weighted by molar-refractivity contribution is -0.117. The fourth-order valence-electron chi connectivity index (χ4n) is 3.84. The second kappa shape index (κ2) is 10.6.